The van der Waals surface area contributed by atoms with Crippen molar-refractivity contribution in [2.75, 3.05) is 26.2 Å². The fourth-order valence-electron chi connectivity index (χ4n) is 4.98. The number of hydrogen-bond donors (Lipinski definition) is 1. The number of likely N-dealkylation sites (tertiary alicyclic amines) is 2. The normalized spacial score (nSPS) is 22.3. The molecule has 29 heavy (non-hydrogen) atoms. The number of nitrogens with one attached hydrogen (secondary N) is 1. The number of aromatic amines is 1. The molecule has 0 aromatic carbocycles. The Hall–Kier alpha value is -2.64. The third-order valence-electron chi connectivity index (χ3n) is 6.62. The van der Waals surface area contributed by atoms with E-state index >= 15 is 0 Å². The minimum atomic E-state index is 0.0202. The van der Waals surface area contributed by atoms with Crippen molar-refractivity contribution in [2.45, 2.75) is 57.3 Å². The fourth-order valence-corrected chi connectivity index (χ4v) is 4.98. The van der Waals surface area contributed by atoms with Crippen LogP contribution in [0.1, 0.15) is 61.4 Å². The fraction of sp³-hybridized carbons (Fsp3) is 0.619. The largest absolute Gasteiger partial charge is 0.340 e. The van der Waals surface area contributed by atoms with Gasteiger partial charge in [0.2, 0.25) is 11.8 Å². The molecule has 1 N–H and O–H groups in total. The van der Waals surface area contributed by atoms with Crippen molar-refractivity contribution in [1.29, 1.82) is 0 Å². The van der Waals surface area contributed by atoms with Crippen molar-refractivity contribution < 1.29 is 9.59 Å². The van der Waals surface area contributed by atoms with Gasteiger partial charge in [-0.25, -0.2) is 9.50 Å². The molecule has 8 nitrogen and oxygen atoms in total. The van der Waals surface area contributed by atoms with Crippen LogP contribution in [0.5, 0.6) is 0 Å². The van der Waals surface area contributed by atoms with Gasteiger partial charge in [-0.3, -0.25) is 19.5 Å². The number of rotatable bonds is 3. The van der Waals surface area contributed by atoms with E-state index in [-0.39, 0.29) is 29.8 Å². The lowest BCUT2D eigenvalue weighted by molar-refractivity contribution is -0.139. The van der Waals surface area contributed by atoms with Crippen LogP contribution >= 0.6 is 0 Å². The summed E-state index contributed by atoms with van der Waals surface area (Å²) in [7, 11) is 0. The second-order valence-corrected chi connectivity index (χ2v) is 8.55. The summed E-state index contributed by atoms with van der Waals surface area (Å²) in [5.41, 5.74) is 3.45. The van der Waals surface area contributed by atoms with E-state index in [4.69, 9.17) is 4.98 Å². The molecule has 2 aliphatic heterocycles. The smallest absolute Gasteiger partial charge is 0.276 e. The van der Waals surface area contributed by atoms with Crippen LogP contribution in [0.25, 0.3) is 5.65 Å². The molecule has 0 spiro atoms. The molecule has 5 rings (SSSR count). The van der Waals surface area contributed by atoms with Gasteiger partial charge in [0.25, 0.3) is 5.56 Å². The summed E-state index contributed by atoms with van der Waals surface area (Å²) in [6, 6.07) is 1.97. The number of fused-ring (bicyclic) bond motifs is 2. The number of hydrogen-bond acceptors (Lipinski definition) is 4. The van der Waals surface area contributed by atoms with Gasteiger partial charge in [0.15, 0.2) is 5.65 Å². The predicted molar refractivity (Wildman–Crippen MR) is 107 cm³/mol. The van der Waals surface area contributed by atoms with Crippen LogP contribution in [0.4, 0.5) is 0 Å². The highest BCUT2D eigenvalue weighted by molar-refractivity contribution is 5.86. The average Bonchev–Trinajstić information content (AvgIpc) is 3.35. The van der Waals surface area contributed by atoms with Gasteiger partial charge in [-0.05, 0) is 44.9 Å². The lowest BCUT2D eigenvalue weighted by atomic mass is 9.95. The van der Waals surface area contributed by atoms with Crippen LogP contribution in [0.2, 0.25) is 0 Å². The van der Waals surface area contributed by atoms with Crippen molar-refractivity contribution >= 4 is 17.5 Å². The van der Waals surface area contributed by atoms with E-state index in [0.717, 1.165) is 68.4 Å². The van der Waals surface area contributed by atoms with Gasteiger partial charge in [-0.15, -0.1) is 0 Å². The zero-order valence-electron chi connectivity index (χ0n) is 16.7. The molecule has 2 aromatic rings. The topological polar surface area (TPSA) is 90.8 Å². The van der Waals surface area contributed by atoms with Crippen molar-refractivity contribution in [3.05, 3.63) is 33.4 Å². The van der Waals surface area contributed by atoms with Gasteiger partial charge in [-0.2, -0.15) is 0 Å². The summed E-state index contributed by atoms with van der Waals surface area (Å²) >= 11 is 0. The van der Waals surface area contributed by atoms with Crippen LogP contribution in [0.15, 0.2) is 10.9 Å². The quantitative estimate of drug-likeness (QED) is 0.843. The monoisotopic (exact) mass is 397 g/mol. The van der Waals surface area contributed by atoms with Crippen molar-refractivity contribution in [3.63, 3.8) is 0 Å². The summed E-state index contributed by atoms with van der Waals surface area (Å²) in [6.07, 6.45) is 7.09. The first-order valence-electron chi connectivity index (χ1n) is 10.8. The number of nitrogens with zero attached hydrogens (tertiary/aromatic N) is 4. The predicted octanol–water partition coefficient (Wildman–Crippen LogP) is 1.23. The first kappa shape index (κ1) is 18.4. The number of aryl methyl sites for hydroxylation is 1. The van der Waals surface area contributed by atoms with E-state index in [1.54, 1.807) is 9.42 Å². The Labute approximate surface area is 168 Å². The molecule has 3 aliphatic rings. The van der Waals surface area contributed by atoms with Crippen LogP contribution in [0.3, 0.4) is 0 Å². The maximum Gasteiger partial charge on any atom is 0.276 e. The van der Waals surface area contributed by atoms with E-state index in [9.17, 15) is 14.4 Å². The van der Waals surface area contributed by atoms with Crippen LogP contribution in [-0.4, -0.2) is 62.4 Å². The molecule has 0 bridgehead atoms. The summed E-state index contributed by atoms with van der Waals surface area (Å²) < 4.78 is 1.57. The minimum absolute atomic E-state index is 0.0202. The summed E-state index contributed by atoms with van der Waals surface area (Å²) in [5, 5.41) is 3.26. The van der Waals surface area contributed by atoms with Gasteiger partial charge in [0.05, 0.1) is 12.2 Å². The minimum Gasteiger partial charge on any atom is -0.340 e. The maximum atomic E-state index is 12.9. The lowest BCUT2D eigenvalue weighted by Crippen LogP contribution is -2.45. The highest BCUT2D eigenvalue weighted by atomic mass is 16.2. The third-order valence-corrected chi connectivity index (χ3v) is 6.62. The number of H-pyrrole nitrogens is 1. The molecule has 4 heterocycles. The number of carbonyl (C=O) groups is 2. The Balaban J connectivity index is 1.36. The molecule has 1 aliphatic carbocycles. The van der Waals surface area contributed by atoms with Gasteiger partial charge in [-0.1, -0.05) is 0 Å². The molecule has 154 valence electrons. The molecular weight excluding hydrogens is 370 g/mol. The highest BCUT2D eigenvalue weighted by Crippen LogP contribution is 2.27. The number of aromatic nitrogens is 3. The van der Waals surface area contributed by atoms with Crippen LogP contribution in [0, 0.1) is 0 Å². The van der Waals surface area contributed by atoms with Gasteiger partial charge in [0, 0.05) is 49.3 Å². The van der Waals surface area contributed by atoms with Crippen LogP contribution in [-0.2, 0) is 22.4 Å². The molecular formula is C21H27N5O3. The average molecular weight is 397 g/mol. The van der Waals surface area contributed by atoms with E-state index < -0.39 is 0 Å². The Morgan fingerprint density at radius 3 is 2.79 bits per heavy atom. The standard InChI is InChI=1S/C21H27N5O3/c27-19-8-4-10-25(19)13-20(28)24-9-3-5-14(12-24)17-11-18-22-16-7-2-1-6-15(16)21(29)26(18)23-17/h11,14,23H,1-10,12-13H2/t14-/m0/s1. The Kier molecular flexibility index (Phi) is 4.64. The molecule has 2 fully saturated rings. The maximum absolute atomic E-state index is 12.9. The van der Waals surface area contributed by atoms with Gasteiger partial charge >= 0.3 is 0 Å². The van der Waals surface area contributed by atoms with Crippen molar-refractivity contribution in [1.82, 2.24) is 24.4 Å². The molecule has 0 radical (unpaired) electrons. The van der Waals surface area contributed by atoms with Crippen molar-refractivity contribution in [2.24, 2.45) is 0 Å². The molecule has 2 aromatic heterocycles. The van der Waals surface area contributed by atoms with E-state index in [1.165, 1.54) is 0 Å². The Morgan fingerprint density at radius 2 is 1.97 bits per heavy atom. The van der Waals surface area contributed by atoms with E-state index in [2.05, 4.69) is 5.10 Å². The SMILES string of the molecule is O=C1CCCN1CC(=O)N1CCC[C@H](c2cc3nc4c(c(=O)n3[nH]2)CCCC4)C1. The second kappa shape index (κ2) is 7.31. The molecule has 2 amide bonds. The highest BCUT2D eigenvalue weighted by Gasteiger charge is 2.30. The zero-order chi connectivity index (χ0) is 20.0. The zero-order valence-corrected chi connectivity index (χ0v) is 16.7. The Morgan fingerprint density at radius 1 is 1.10 bits per heavy atom. The molecule has 1 atom stereocenters. The molecule has 0 saturated carbocycles. The summed E-state index contributed by atoms with van der Waals surface area (Å²) in [4.78, 5) is 45.7. The van der Waals surface area contributed by atoms with E-state index in [0.29, 0.717) is 25.2 Å². The number of piperidine rings is 1. The lowest BCUT2D eigenvalue weighted by Gasteiger charge is -2.33. The molecule has 8 heteroatoms. The first-order chi connectivity index (χ1) is 14.1. The van der Waals surface area contributed by atoms with Crippen molar-refractivity contribution in [3.8, 4) is 0 Å². The second-order valence-electron chi connectivity index (χ2n) is 8.55. The van der Waals surface area contributed by atoms with Gasteiger partial charge in [0.1, 0.15) is 0 Å². The Bertz CT molecular complexity index is 1020. The summed E-state index contributed by atoms with van der Waals surface area (Å²) in [5.74, 6) is 0.254. The summed E-state index contributed by atoms with van der Waals surface area (Å²) in [6.45, 7) is 2.21. The number of amides is 2. The first-order valence-corrected chi connectivity index (χ1v) is 10.8. The molecule has 2 saturated heterocycles. The van der Waals surface area contributed by atoms with E-state index in [1.807, 2.05) is 11.0 Å². The van der Waals surface area contributed by atoms with Crippen LogP contribution < -0.4 is 5.56 Å². The van der Waals surface area contributed by atoms with Gasteiger partial charge < -0.3 is 9.80 Å². The molecule has 0 unspecified atom stereocenters. The number of carbonyl (C=O) groups excluding carboxylic acids is 2. The third kappa shape index (κ3) is 3.34.